The third kappa shape index (κ3) is 2.71. The zero-order valence-electron chi connectivity index (χ0n) is 9.84. The van der Waals surface area contributed by atoms with E-state index in [2.05, 4.69) is 26.1 Å². The van der Waals surface area contributed by atoms with Crippen molar-refractivity contribution in [2.24, 2.45) is 11.8 Å². The Morgan fingerprint density at radius 2 is 2.14 bits per heavy atom. The first-order valence-corrected chi connectivity index (χ1v) is 6.03. The van der Waals surface area contributed by atoms with E-state index in [4.69, 9.17) is 0 Å². The Balaban J connectivity index is 2.59. The van der Waals surface area contributed by atoms with Gasteiger partial charge >= 0.3 is 0 Å². The number of likely N-dealkylation sites (N-methyl/N-ethyl adjacent to an activating group) is 1. The molecule has 0 spiro atoms. The zero-order valence-corrected chi connectivity index (χ0v) is 9.84. The Morgan fingerprint density at radius 3 is 2.71 bits per heavy atom. The van der Waals surface area contributed by atoms with Crippen LogP contribution >= 0.6 is 0 Å². The van der Waals surface area contributed by atoms with Crippen molar-refractivity contribution >= 4 is 0 Å². The van der Waals surface area contributed by atoms with E-state index in [0.29, 0.717) is 11.8 Å². The molecule has 0 aliphatic heterocycles. The van der Waals surface area contributed by atoms with Crippen LogP contribution in [0, 0.1) is 11.8 Å². The summed E-state index contributed by atoms with van der Waals surface area (Å²) in [7, 11) is 0. The Kier molecular flexibility index (Phi) is 4.39. The lowest BCUT2D eigenvalue weighted by Gasteiger charge is -2.42. The van der Waals surface area contributed by atoms with E-state index in [9.17, 15) is 5.11 Å². The van der Waals surface area contributed by atoms with Crippen LogP contribution in [-0.2, 0) is 0 Å². The summed E-state index contributed by atoms with van der Waals surface area (Å²) >= 11 is 0. The monoisotopic (exact) mass is 199 g/mol. The molecule has 1 aliphatic rings. The first-order chi connectivity index (χ1) is 6.60. The van der Waals surface area contributed by atoms with Crippen molar-refractivity contribution in [1.82, 2.24) is 5.32 Å². The molecular weight excluding hydrogens is 174 g/mol. The minimum atomic E-state index is -0.442. The molecule has 1 fully saturated rings. The fourth-order valence-corrected chi connectivity index (χ4v) is 2.76. The Morgan fingerprint density at radius 1 is 1.43 bits per heavy atom. The molecule has 1 rings (SSSR count). The van der Waals surface area contributed by atoms with Crippen molar-refractivity contribution in [2.75, 3.05) is 13.1 Å². The van der Waals surface area contributed by atoms with Crippen LogP contribution in [0.1, 0.15) is 46.5 Å². The van der Waals surface area contributed by atoms with Gasteiger partial charge in [-0.1, -0.05) is 33.6 Å². The molecule has 0 aromatic carbocycles. The second-order valence-electron chi connectivity index (χ2n) is 4.98. The van der Waals surface area contributed by atoms with Gasteiger partial charge in [0.05, 0.1) is 5.60 Å². The van der Waals surface area contributed by atoms with Crippen molar-refractivity contribution in [3.8, 4) is 0 Å². The summed E-state index contributed by atoms with van der Waals surface area (Å²) in [5, 5.41) is 13.9. The summed E-state index contributed by atoms with van der Waals surface area (Å²) in [5.74, 6) is 1.08. The first kappa shape index (κ1) is 12.0. The number of hydrogen-bond acceptors (Lipinski definition) is 2. The van der Waals surface area contributed by atoms with Gasteiger partial charge in [-0.3, -0.25) is 0 Å². The van der Waals surface area contributed by atoms with Crippen molar-refractivity contribution in [3.63, 3.8) is 0 Å². The smallest absolute Gasteiger partial charge is 0.0801 e. The van der Waals surface area contributed by atoms with Crippen molar-refractivity contribution in [2.45, 2.75) is 52.1 Å². The van der Waals surface area contributed by atoms with E-state index in [1.165, 1.54) is 19.3 Å². The highest BCUT2D eigenvalue weighted by Crippen LogP contribution is 2.37. The fraction of sp³-hybridized carbons (Fsp3) is 1.00. The second kappa shape index (κ2) is 5.13. The largest absolute Gasteiger partial charge is 0.388 e. The van der Waals surface area contributed by atoms with Crippen LogP contribution in [-0.4, -0.2) is 23.8 Å². The maximum atomic E-state index is 10.6. The molecule has 2 atom stereocenters. The van der Waals surface area contributed by atoms with Crippen LogP contribution in [0.2, 0.25) is 0 Å². The van der Waals surface area contributed by atoms with Crippen LogP contribution in [0.3, 0.4) is 0 Å². The van der Waals surface area contributed by atoms with E-state index in [0.717, 1.165) is 19.5 Å². The second-order valence-corrected chi connectivity index (χ2v) is 4.98. The van der Waals surface area contributed by atoms with Crippen LogP contribution in [0.4, 0.5) is 0 Å². The predicted octanol–water partition coefficient (Wildman–Crippen LogP) is 2.17. The van der Waals surface area contributed by atoms with Gasteiger partial charge in [-0.25, -0.2) is 0 Å². The van der Waals surface area contributed by atoms with Crippen LogP contribution < -0.4 is 5.32 Å². The molecule has 0 saturated heterocycles. The lowest BCUT2D eigenvalue weighted by atomic mass is 9.70. The molecule has 2 unspecified atom stereocenters. The lowest BCUT2D eigenvalue weighted by molar-refractivity contribution is -0.0635. The Hall–Kier alpha value is -0.0800. The molecule has 2 N–H and O–H groups in total. The Bertz CT molecular complexity index is 170. The SMILES string of the molecule is CCNCC1(O)CCCCC1C(C)C. The molecule has 1 saturated carbocycles. The molecule has 0 aromatic rings. The molecule has 0 amide bonds. The normalized spacial score (nSPS) is 33.6. The molecule has 0 radical (unpaired) electrons. The average molecular weight is 199 g/mol. The van der Waals surface area contributed by atoms with E-state index in [1.54, 1.807) is 0 Å². The van der Waals surface area contributed by atoms with Crippen LogP contribution in [0.15, 0.2) is 0 Å². The Labute approximate surface area is 88.1 Å². The van der Waals surface area contributed by atoms with Gasteiger partial charge in [0.15, 0.2) is 0 Å². The van der Waals surface area contributed by atoms with Crippen molar-refractivity contribution in [3.05, 3.63) is 0 Å². The van der Waals surface area contributed by atoms with E-state index < -0.39 is 5.60 Å². The van der Waals surface area contributed by atoms with E-state index in [1.807, 2.05) is 0 Å². The predicted molar refractivity (Wildman–Crippen MR) is 60.3 cm³/mol. The highest BCUT2D eigenvalue weighted by atomic mass is 16.3. The first-order valence-electron chi connectivity index (χ1n) is 6.03. The molecule has 2 nitrogen and oxygen atoms in total. The standard InChI is InChI=1S/C12H25NO/c1-4-13-9-12(14)8-6-5-7-11(12)10(2)3/h10-11,13-14H,4-9H2,1-3H3. The molecular formula is C12H25NO. The summed E-state index contributed by atoms with van der Waals surface area (Å²) in [6, 6.07) is 0. The highest BCUT2D eigenvalue weighted by molar-refractivity contribution is 4.92. The maximum absolute atomic E-state index is 10.6. The van der Waals surface area contributed by atoms with Gasteiger partial charge in [-0.2, -0.15) is 0 Å². The van der Waals surface area contributed by atoms with Crippen LogP contribution in [0.5, 0.6) is 0 Å². The summed E-state index contributed by atoms with van der Waals surface area (Å²) in [6.45, 7) is 8.27. The third-order valence-corrected chi connectivity index (χ3v) is 3.55. The van der Waals surface area contributed by atoms with Crippen molar-refractivity contribution in [1.29, 1.82) is 0 Å². The molecule has 1 aliphatic carbocycles. The minimum Gasteiger partial charge on any atom is -0.388 e. The topological polar surface area (TPSA) is 32.3 Å². The molecule has 0 aromatic heterocycles. The molecule has 2 heteroatoms. The quantitative estimate of drug-likeness (QED) is 0.727. The number of hydrogen-bond donors (Lipinski definition) is 2. The summed E-state index contributed by atoms with van der Waals surface area (Å²) in [5.41, 5.74) is -0.442. The summed E-state index contributed by atoms with van der Waals surface area (Å²) < 4.78 is 0. The third-order valence-electron chi connectivity index (χ3n) is 3.55. The summed E-state index contributed by atoms with van der Waals surface area (Å²) in [6.07, 6.45) is 4.64. The maximum Gasteiger partial charge on any atom is 0.0801 e. The van der Waals surface area contributed by atoms with Crippen molar-refractivity contribution < 1.29 is 5.11 Å². The van der Waals surface area contributed by atoms with Gasteiger partial charge in [0, 0.05) is 6.54 Å². The van der Waals surface area contributed by atoms with Gasteiger partial charge in [-0.15, -0.1) is 0 Å². The average Bonchev–Trinajstić information content (AvgIpc) is 2.15. The van der Waals surface area contributed by atoms with Crippen LogP contribution in [0.25, 0.3) is 0 Å². The molecule has 0 heterocycles. The van der Waals surface area contributed by atoms with Gasteiger partial charge < -0.3 is 10.4 Å². The van der Waals surface area contributed by atoms with Gasteiger partial charge in [0.1, 0.15) is 0 Å². The lowest BCUT2D eigenvalue weighted by Crippen LogP contribution is -2.50. The number of rotatable bonds is 4. The van der Waals surface area contributed by atoms with Gasteiger partial charge in [-0.05, 0) is 31.2 Å². The van der Waals surface area contributed by atoms with Gasteiger partial charge in [0.25, 0.3) is 0 Å². The molecule has 0 bridgehead atoms. The van der Waals surface area contributed by atoms with Gasteiger partial charge in [0.2, 0.25) is 0 Å². The zero-order chi connectivity index (χ0) is 10.6. The molecule has 14 heavy (non-hydrogen) atoms. The number of aliphatic hydroxyl groups is 1. The van der Waals surface area contributed by atoms with E-state index >= 15 is 0 Å². The summed E-state index contributed by atoms with van der Waals surface area (Å²) in [4.78, 5) is 0. The minimum absolute atomic E-state index is 0.442. The van der Waals surface area contributed by atoms with E-state index in [-0.39, 0.29) is 0 Å². The molecule has 84 valence electrons. The highest BCUT2D eigenvalue weighted by Gasteiger charge is 2.39. The number of nitrogens with one attached hydrogen (secondary N) is 1. The fourth-order valence-electron chi connectivity index (χ4n) is 2.76.